The van der Waals surface area contributed by atoms with Crippen LogP contribution in [0.3, 0.4) is 0 Å². The lowest BCUT2D eigenvalue weighted by Crippen LogP contribution is -2.51. The molecule has 0 saturated heterocycles. The molecule has 1 N–H and O–H groups in total. The van der Waals surface area contributed by atoms with Crippen LogP contribution in [0.4, 0.5) is 5.69 Å². The van der Waals surface area contributed by atoms with Gasteiger partial charge in [0.15, 0.2) is 0 Å². The number of amides is 1. The Kier molecular flexibility index (Phi) is 3.87. The maximum atomic E-state index is 12.0. The maximum Gasteiger partial charge on any atom is 0.299 e. The van der Waals surface area contributed by atoms with E-state index in [4.69, 9.17) is 4.74 Å². The second-order valence-corrected chi connectivity index (χ2v) is 4.60. The zero-order valence-electron chi connectivity index (χ0n) is 10.8. The Bertz CT molecular complexity index is 480. The first-order valence-corrected chi connectivity index (χ1v) is 5.21. The van der Waals surface area contributed by atoms with Crippen molar-refractivity contribution in [2.45, 2.75) is 0 Å². The zero-order chi connectivity index (χ0) is 13.9. The Balaban J connectivity index is 3.16. The fraction of sp³-hybridized carbons (Fsp3) is 0.364. The number of non-ortho nitro benzene ring substituents is 1. The molecule has 0 aliphatic carbocycles. The number of methoxy groups -OCH3 is 1. The highest BCUT2D eigenvalue weighted by Gasteiger charge is 2.21. The van der Waals surface area contributed by atoms with Gasteiger partial charge in [0.05, 0.1) is 38.7 Å². The van der Waals surface area contributed by atoms with Gasteiger partial charge in [-0.1, -0.05) is 0 Å². The van der Waals surface area contributed by atoms with E-state index in [1.807, 2.05) is 0 Å². The molecule has 0 fully saturated rings. The van der Waals surface area contributed by atoms with Gasteiger partial charge in [-0.2, -0.15) is 5.43 Å². The van der Waals surface area contributed by atoms with Crippen LogP contribution < -0.4 is 10.2 Å². The van der Waals surface area contributed by atoms with E-state index in [-0.39, 0.29) is 15.8 Å². The topological polar surface area (TPSA) is 81.5 Å². The number of ether oxygens (including phenoxy) is 1. The second-order valence-electron chi connectivity index (χ2n) is 4.60. The molecule has 1 amide bonds. The molecule has 7 nitrogen and oxygen atoms in total. The zero-order valence-corrected chi connectivity index (χ0v) is 10.8. The summed E-state index contributed by atoms with van der Waals surface area (Å²) in [5.74, 6) is -0.130. The monoisotopic (exact) mass is 254 g/mol. The van der Waals surface area contributed by atoms with E-state index in [0.717, 1.165) is 0 Å². The number of hydrogen-bond donors (Lipinski definition) is 1. The van der Waals surface area contributed by atoms with Crippen LogP contribution in [0.15, 0.2) is 18.2 Å². The van der Waals surface area contributed by atoms with Gasteiger partial charge in [0, 0.05) is 12.1 Å². The van der Waals surface area contributed by atoms with Crippen LogP contribution in [0.25, 0.3) is 0 Å². The van der Waals surface area contributed by atoms with Gasteiger partial charge >= 0.3 is 0 Å². The number of hydrogen-bond acceptors (Lipinski definition) is 4. The smallest absolute Gasteiger partial charge is 0.299 e. The third kappa shape index (κ3) is 3.42. The summed E-state index contributed by atoms with van der Waals surface area (Å²) < 4.78 is 5.22. The van der Waals surface area contributed by atoms with Crippen molar-refractivity contribution in [1.82, 2.24) is 5.43 Å². The summed E-state index contributed by atoms with van der Waals surface area (Å²) in [5, 5.41) is 10.7. The molecule has 0 radical (unpaired) electrons. The van der Waals surface area contributed by atoms with Crippen molar-refractivity contribution in [3.8, 4) is 5.75 Å². The molecule has 1 aromatic carbocycles. The van der Waals surface area contributed by atoms with Crippen LogP contribution in [0.5, 0.6) is 5.75 Å². The second kappa shape index (κ2) is 5.01. The standard InChI is InChI=1S/C11H15N3O4/c1-14(2,3)12-11(15)9-7-8(13(16)17)5-6-10(9)18-4/h5-7H,1-4H3/p+1. The van der Waals surface area contributed by atoms with Gasteiger partial charge in [-0.3, -0.25) is 14.9 Å². The lowest BCUT2D eigenvalue weighted by molar-refractivity contribution is -0.905. The fourth-order valence-corrected chi connectivity index (χ4v) is 1.35. The van der Waals surface area contributed by atoms with Gasteiger partial charge in [0.1, 0.15) is 5.75 Å². The number of quaternary nitrogens is 1. The summed E-state index contributed by atoms with van der Waals surface area (Å²) in [5.41, 5.74) is 2.66. The number of nitro benzene ring substituents is 1. The van der Waals surface area contributed by atoms with Crippen molar-refractivity contribution in [1.29, 1.82) is 0 Å². The van der Waals surface area contributed by atoms with Gasteiger partial charge in [0.25, 0.3) is 11.6 Å². The van der Waals surface area contributed by atoms with E-state index >= 15 is 0 Å². The molecule has 7 heteroatoms. The van der Waals surface area contributed by atoms with Gasteiger partial charge in [-0.15, -0.1) is 0 Å². The molecule has 0 heterocycles. The van der Waals surface area contributed by atoms with E-state index in [1.54, 1.807) is 21.1 Å². The number of carbonyl (C=O) groups is 1. The summed E-state index contributed by atoms with van der Waals surface area (Å²) in [7, 11) is 6.70. The van der Waals surface area contributed by atoms with Crippen LogP contribution >= 0.6 is 0 Å². The van der Waals surface area contributed by atoms with Gasteiger partial charge < -0.3 is 4.74 Å². The number of rotatable bonds is 4. The van der Waals surface area contributed by atoms with Crippen LogP contribution in [-0.4, -0.2) is 43.7 Å². The summed E-state index contributed by atoms with van der Waals surface area (Å²) in [4.78, 5) is 22.1. The first kappa shape index (κ1) is 13.9. The Hall–Kier alpha value is -2.15. The summed E-state index contributed by atoms with van der Waals surface area (Å²) in [6.07, 6.45) is 0. The molecule has 0 aromatic heterocycles. The number of nitro groups is 1. The average Bonchev–Trinajstić information content (AvgIpc) is 2.25. The lowest BCUT2D eigenvalue weighted by atomic mass is 10.1. The van der Waals surface area contributed by atoms with Gasteiger partial charge in [0.2, 0.25) is 0 Å². The van der Waals surface area contributed by atoms with E-state index < -0.39 is 10.8 Å². The molecular formula is C11H16N3O4+. The quantitative estimate of drug-likeness (QED) is 0.493. The van der Waals surface area contributed by atoms with Crippen LogP contribution in [0, 0.1) is 10.1 Å². The van der Waals surface area contributed by atoms with E-state index in [9.17, 15) is 14.9 Å². The van der Waals surface area contributed by atoms with Crippen molar-refractivity contribution in [2.24, 2.45) is 0 Å². The maximum absolute atomic E-state index is 12.0. The number of nitrogens with zero attached hydrogens (tertiary/aromatic N) is 2. The molecule has 1 aromatic rings. The van der Waals surface area contributed by atoms with Crippen molar-refractivity contribution in [2.75, 3.05) is 28.3 Å². The van der Waals surface area contributed by atoms with Crippen molar-refractivity contribution in [3.05, 3.63) is 33.9 Å². The number of benzene rings is 1. The minimum Gasteiger partial charge on any atom is -0.496 e. The van der Waals surface area contributed by atoms with Gasteiger partial charge in [-0.25, -0.2) is 4.59 Å². The third-order valence-electron chi connectivity index (χ3n) is 2.08. The predicted octanol–water partition coefficient (Wildman–Crippen LogP) is 0.954. The molecule has 0 saturated carbocycles. The predicted molar refractivity (Wildman–Crippen MR) is 65.1 cm³/mol. The first-order chi connectivity index (χ1) is 8.24. The molecule has 0 bridgehead atoms. The van der Waals surface area contributed by atoms with Crippen molar-refractivity contribution >= 4 is 11.6 Å². The third-order valence-corrected chi connectivity index (χ3v) is 2.08. The molecule has 0 unspecified atom stereocenters. The van der Waals surface area contributed by atoms with Crippen molar-refractivity contribution in [3.63, 3.8) is 0 Å². The molecule has 1 rings (SSSR count). The average molecular weight is 254 g/mol. The minimum atomic E-state index is -0.553. The molecule has 0 atom stereocenters. The van der Waals surface area contributed by atoms with Crippen LogP contribution in [-0.2, 0) is 0 Å². The molecule has 0 aliphatic rings. The SMILES string of the molecule is COc1ccc([N+](=O)[O-])cc1C(=O)N[N+](C)(C)C. The number of nitrogens with one attached hydrogen (secondary N) is 1. The Morgan fingerprint density at radius 3 is 2.44 bits per heavy atom. The molecule has 0 spiro atoms. The first-order valence-electron chi connectivity index (χ1n) is 5.21. The highest BCUT2D eigenvalue weighted by molar-refractivity contribution is 5.96. The lowest BCUT2D eigenvalue weighted by Gasteiger charge is -2.23. The highest BCUT2D eigenvalue weighted by Crippen LogP contribution is 2.23. The minimum absolute atomic E-state index is 0.139. The fourth-order valence-electron chi connectivity index (χ4n) is 1.35. The largest absolute Gasteiger partial charge is 0.496 e. The van der Waals surface area contributed by atoms with Crippen LogP contribution in [0.1, 0.15) is 10.4 Å². The van der Waals surface area contributed by atoms with Gasteiger partial charge in [-0.05, 0) is 6.07 Å². The Morgan fingerprint density at radius 2 is 2.00 bits per heavy atom. The summed E-state index contributed by atoms with van der Waals surface area (Å²) in [6.45, 7) is 0. The van der Waals surface area contributed by atoms with E-state index in [2.05, 4.69) is 5.43 Å². The molecule has 18 heavy (non-hydrogen) atoms. The Labute approximate surface area is 105 Å². The molecule has 0 aliphatic heterocycles. The van der Waals surface area contributed by atoms with E-state index in [0.29, 0.717) is 5.75 Å². The van der Waals surface area contributed by atoms with E-state index in [1.165, 1.54) is 25.3 Å². The number of carbonyl (C=O) groups excluding carboxylic acids is 1. The highest BCUT2D eigenvalue weighted by atomic mass is 16.6. The Morgan fingerprint density at radius 1 is 1.39 bits per heavy atom. The van der Waals surface area contributed by atoms with Crippen LogP contribution in [0.2, 0.25) is 0 Å². The summed E-state index contributed by atoms with van der Waals surface area (Å²) >= 11 is 0. The molecular weight excluding hydrogens is 238 g/mol. The summed E-state index contributed by atoms with van der Waals surface area (Å²) in [6, 6.07) is 3.90. The van der Waals surface area contributed by atoms with Crippen molar-refractivity contribution < 1.29 is 19.0 Å². The molecule has 98 valence electrons. The normalized spacial score (nSPS) is 10.9.